The van der Waals surface area contributed by atoms with Gasteiger partial charge in [0.1, 0.15) is 5.75 Å². The van der Waals surface area contributed by atoms with Crippen molar-refractivity contribution >= 4 is 7.81 Å². The summed E-state index contributed by atoms with van der Waals surface area (Å²) in [6, 6.07) is 14.3. The van der Waals surface area contributed by atoms with Gasteiger partial charge >= 0.3 is 54.2 Å². The van der Waals surface area contributed by atoms with Crippen LogP contribution >= 0.6 is 7.81 Å². The first-order valence-electron chi connectivity index (χ1n) is 6.79. The van der Waals surface area contributed by atoms with E-state index in [0.717, 1.165) is 17.2 Å². The molecule has 3 nitrogen and oxygen atoms in total. The van der Waals surface area contributed by atoms with E-state index in [0.29, 0.717) is 0 Å². The van der Waals surface area contributed by atoms with Gasteiger partial charge in [-0.15, -0.1) is 0 Å². The average molecular weight is 516 g/mol. The zero-order valence-electron chi connectivity index (χ0n) is 13.9. The molecule has 0 fully saturated rings. The molecule has 0 unspecified atom stereocenters. The Bertz CT molecular complexity index is 724. The van der Waals surface area contributed by atoms with E-state index in [1.807, 2.05) is 18.2 Å². The molecule has 0 saturated carbocycles. The van der Waals surface area contributed by atoms with E-state index in [4.69, 9.17) is 14.2 Å². The van der Waals surface area contributed by atoms with Gasteiger partial charge in [-0.3, -0.25) is 0 Å². The maximum absolute atomic E-state index is 10.7. The molecule has 0 aliphatic heterocycles. The Morgan fingerprint density at radius 2 is 1.12 bits per heavy atom. The molecule has 0 aliphatic carbocycles. The SMILES string of the molecule is COc1ccc([I+]c2ccc(OC)c(OC)c2)cc1.F[P-](F)(F)(F)(F)F. The number of benzene rings is 2. The zero-order valence-corrected chi connectivity index (χ0v) is 16.9. The van der Waals surface area contributed by atoms with E-state index in [1.165, 1.54) is 7.14 Å². The van der Waals surface area contributed by atoms with Gasteiger partial charge in [-0.25, -0.2) is 0 Å². The number of halogens is 7. The first-order chi connectivity index (χ1) is 11.7. The fraction of sp³-hybridized carbons (Fsp3) is 0.200. The summed E-state index contributed by atoms with van der Waals surface area (Å²) in [6.45, 7) is 0. The predicted molar refractivity (Wildman–Crippen MR) is 83.5 cm³/mol. The van der Waals surface area contributed by atoms with E-state index in [1.54, 1.807) is 21.3 Å². The van der Waals surface area contributed by atoms with E-state index in [9.17, 15) is 25.2 Å². The Morgan fingerprint density at radius 3 is 1.54 bits per heavy atom. The van der Waals surface area contributed by atoms with E-state index < -0.39 is 7.81 Å². The van der Waals surface area contributed by atoms with Crippen LogP contribution in [0.2, 0.25) is 0 Å². The molecule has 0 spiro atoms. The van der Waals surface area contributed by atoms with E-state index in [-0.39, 0.29) is 21.2 Å². The second-order valence-corrected chi connectivity index (χ2v) is 9.66. The van der Waals surface area contributed by atoms with Gasteiger partial charge in [-0.05, 0) is 36.4 Å². The van der Waals surface area contributed by atoms with Gasteiger partial charge in [0, 0.05) is 6.07 Å². The molecule has 0 radical (unpaired) electrons. The van der Waals surface area contributed by atoms with Gasteiger partial charge in [0.05, 0.1) is 21.3 Å². The summed E-state index contributed by atoms with van der Waals surface area (Å²) in [4.78, 5) is 0. The monoisotopic (exact) mass is 516 g/mol. The second kappa shape index (κ2) is 7.67. The molecule has 148 valence electrons. The first kappa shape index (κ1) is 22.6. The van der Waals surface area contributed by atoms with Gasteiger partial charge < -0.3 is 14.2 Å². The van der Waals surface area contributed by atoms with Crippen molar-refractivity contribution in [2.24, 2.45) is 0 Å². The fourth-order valence-electron chi connectivity index (χ4n) is 1.63. The van der Waals surface area contributed by atoms with Crippen LogP contribution < -0.4 is 35.4 Å². The quantitative estimate of drug-likeness (QED) is 0.348. The molecule has 2 rings (SSSR count). The van der Waals surface area contributed by atoms with Crippen molar-refractivity contribution in [3.63, 3.8) is 0 Å². The van der Waals surface area contributed by atoms with Crippen LogP contribution in [0.25, 0.3) is 0 Å². The van der Waals surface area contributed by atoms with Crippen molar-refractivity contribution in [1.82, 2.24) is 0 Å². The molecular weight excluding hydrogens is 500 g/mol. The molecule has 0 amide bonds. The summed E-state index contributed by atoms with van der Waals surface area (Å²) in [5.41, 5.74) is 0. The summed E-state index contributed by atoms with van der Waals surface area (Å²) in [5.74, 6) is 2.44. The minimum absolute atomic E-state index is 0.221. The number of ether oxygens (including phenoxy) is 3. The van der Waals surface area contributed by atoms with Gasteiger partial charge in [0.25, 0.3) is 0 Å². The molecule has 0 aromatic heterocycles. The Hall–Kier alpha value is -1.42. The fourth-order valence-corrected chi connectivity index (χ4v) is 3.86. The van der Waals surface area contributed by atoms with Crippen molar-refractivity contribution in [2.75, 3.05) is 21.3 Å². The summed E-state index contributed by atoms with van der Waals surface area (Å²) < 4.78 is 77.6. The Morgan fingerprint density at radius 1 is 0.654 bits per heavy atom. The van der Waals surface area contributed by atoms with Crippen molar-refractivity contribution in [1.29, 1.82) is 0 Å². The number of methoxy groups -OCH3 is 3. The number of hydrogen-bond acceptors (Lipinski definition) is 3. The molecule has 2 aromatic rings. The third-order valence-electron chi connectivity index (χ3n) is 2.61. The van der Waals surface area contributed by atoms with Crippen LogP contribution in [-0.4, -0.2) is 21.3 Å². The van der Waals surface area contributed by atoms with Crippen LogP contribution in [0.15, 0.2) is 42.5 Å². The topological polar surface area (TPSA) is 27.7 Å². The van der Waals surface area contributed by atoms with Crippen LogP contribution in [-0.2, 0) is 0 Å². The molecule has 0 saturated heterocycles. The van der Waals surface area contributed by atoms with E-state index >= 15 is 0 Å². The van der Waals surface area contributed by atoms with Gasteiger partial charge in [-0.1, -0.05) is 0 Å². The van der Waals surface area contributed by atoms with Crippen molar-refractivity contribution < 1.29 is 60.6 Å². The molecule has 2 aromatic carbocycles. The summed E-state index contributed by atoms with van der Waals surface area (Å²) in [5, 5.41) is 0. The summed E-state index contributed by atoms with van der Waals surface area (Å²) >= 11 is -0.221. The Kier molecular flexibility index (Phi) is 6.68. The Labute approximate surface area is 156 Å². The Balaban J connectivity index is 0.000000412. The van der Waals surface area contributed by atoms with Crippen LogP contribution in [0.5, 0.6) is 17.2 Å². The van der Waals surface area contributed by atoms with Crippen molar-refractivity contribution in [2.45, 2.75) is 0 Å². The van der Waals surface area contributed by atoms with E-state index in [2.05, 4.69) is 24.3 Å². The molecule has 0 aliphatic rings. The van der Waals surface area contributed by atoms with Crippen molar-refractivity contribution in [3.8, 4) is 17.2 Å². The maximum atomic E-state index is 9.87. The molecule has 0 N–H and O–H groups in total. The summed E-state index contributed by atoms with van der Waals surface area (Å²) in [7, 11) is -5.67. The standard InChI is InChI=1S/C15H16IO3.F6P/c1-17-13-7-4-11(5-8-13)16-12-6-9-14(18-2)15(10-12)19-3;1-7(2,3,4,5)6/h4-10H,1-3H3;/q+1;-1. The van der Waals surface area contributed by atoms with Gasteiger partial charge in [0.15, 0.2) is 18.6 Å². The normalized spacial score (nSPS) is 13.6. The van der Waals surface area contributed by atoms with Crippen LogP contribution in [0.4, 0.5) is 25.2 Å². The molecule has 11 heteroatoms. The molecule has 26 heavy (non-hydrogen) atoms. The molecular formula is C15H16F6IO3P. The number of rotatable bonds is 5. The van der Waals surface area contributed by atoms with Gasteiger partial charge in [-0.2, -0.15) is 0 Å². The molecule has 0 atom stereocenters. The van der Waals surface area contributed by atoms with Crippen molar-refractivity contribution in [3.05, 3.63) is 49.6 Å². The first-order valence-corrected chi connectivity index (χ1v) is 11.0. The second-order valence-electron chi connectivity index (χ2n) is 4.71. The van der Waals surface area contributed by atoms with Crippen LogP contribution in [0.3, 0.4) is 0 Å². The summed E-state index contributed by atoms with van der Waals surface area (Å²) in [6.07, 6.45) is 0. The average Bonchev–Trinajstić information content (AvgIpc) is 2.52. The molecule has 0 bridgehead atoms. The van der Waals surface area contributed by atoms with Gasteiger partial charge in [0.2, 0.25) is 0 Å². The third kappa shape index (κ3) is 10.5. The third-order valence-corrected chi connectivity index (χ3v) is 5.25. The minimum atomic E-state index is -10.7. The zero-order chi connectivity index (χ0) is 20.1. The predicted octanol–water partition coefficient (Wildman–Crippen LogP) is 3.22. The van der Waals surface area contributed by atoms with Crippen LogP contribution in [0.1, 0.15) is 0 Å². The molecule has 0 heterocycles. The van der Waals surface area contributed by atoms with Crippen LogP contribution in [0, 0.1) is 7.14 Å². The number of hydrogen-bond donors (Lipinski definition) is 0.